The number of esters is 1. The maximum Gasteiger partial charge on any atom is 0.311 e. The van der Waals surface area contributed by atoms with Gasteiger partial charge in [0.05, 0.1) is 19.1 Å². The van der Waals surface area contributed by atoms with E-state index in [9.17, 15) is 4.79 Å². The molecule has 5 nitrogen and oxygen atoms in total. The van der Waals surface area contributed by atoms with Gasteiger partial charge in [0, 0.05) is 20.2 Å². The zero-order valence-corrected chi connectivity index (χ0v) is 12.0. The molecule has 19 heavy (non-hydrogen) atoms. The molecule has 0 bridgehead atoms. The summed E-state index contributed by atoms with van der Waals surface area (Å²) in [6.45, 7) is 2.02. The van der Waals surface area contributed by atoms with Gasteiger partial charge in [0.2, 0.25) is 6.41 Å². The summed E-state index contributed by atoms with van der Waals surface area (Å²) in [5, 5.41) is 0. The lowest BCUT2D eigenvalue weighted by atomic mass is 9.86. The molecule has 0 aromatic carbocycles. The largest absolute Gasteiger partial charge is 0.469 e. The first-order valence-electron chi connectivity index (χ1n) is 7.26. The quantitative estimate of drug-likeness (QED) is 0.563. The Morgan fingerprint density at radius 3 is 2.42 bits per heavy atom. The Hall–Kier alpha value is -0.650. The van der Waals surface area contributed by atoms with Crippen LogP contribution in [0.1, 0.15) is 38.5 Å². The van der Waals surface area contributed by atoms with Gasteiger partial charge in [-0.15, -0.1) is 0 Å². The van der Waals surface area contributed by atoms with Gasteiger partial charge in [0.1, 0.15) is 0 Å². The molecule has 1 saturated heterocycles. The van der Waals surface area contributed by atoms with Crippen LogP contribution in [0.5, 0.6) is 0 Å². The van der Waals surface area contributed by atoms with Crippen LogP contribution in [0.3, 0.4) is 0 Å². The number of methoxy groups -OCH3 is 2. The van der Waals surface area contributed by atoms with Crippen molar-refractivity contribution >= 4 is 5.97 Å². The molecule has 0 aromatic rings. The lowest BCUT2D eigenvalue weighted by molar-refractivity contribution is -0.242. The summed E-state index contributed by atoms with van der Waals surface area (Å²) < 4.78 is 16.4. The van der Waals surface area contributed by atoms with Crippen LogP contribution in [0, 0.1) is 5.92 Å². The Balaban J connectivity index is 1.95. The molecule has 1 aliphatic heterocycles. The number of carbonyl (C=O) groups is 1. The Labute approximate surface area is 115 Å². The van der Waals surface area contributed by atoms with Crippen LogP contribution in [0.25, 0.3) is 0 Å². The number of rotatable bonds is 5. The number of likely N-dealkylation sites (tertiary alicyclic amines) is 1. The van der Waals surface area contributed by atoms with Crippen LogP contribution in [0.4, 0.5) is 0 Å². The number of carbonyl (C=O) groups excluding carboxylic acids is 1. The number of ether oxygens (including phenoxy) is 3. The predicted molar refractivity (Wildman–Crippen MR) is 70.5 cm³/mol. The minimum absolute atomic E-state index is 0.0771. The van der Waals surface area contributed by atoms with E-state index in [2.05, 4.69) is 4.90 Å². The molecule has 0 N–H and O–H groups in total. The van der Waals surface area contributed by atoms with Crippen LogP contribution in [-0.2, 0) is 19.0 Å². The maximum absolute atomic E-state index is 11.8. The third-order valence-electron chi connectivity index (χ3n) is 4.14. The normalized spacial score (nSPS) is 30.2. The minimum atomic E-state index is -0.322. The average Bonchev–Trinajstić information content (AvgIpc) is 2.98. The van der Waals surface area contributed by atoms with E-state index < -0.39 is 0 Å². The summed E-state index contributed by atoms with van der Waals surface area (Å²) in [6.07, 6.45) is 5.92. The van der Waals surface area contributed by atoms with Gasteiger partial charge in [0.15, 0.2) is 0 Å². The third-order valence-corrected chi connectivity index (χ3v) is 4.14. The molecule has 2 fully saturated rings. The van der Waals surface area contributed by atoms with Crippen molar-refractivity contribution in [3.8, 4) is 0 Å². The lowest BCUT2D eigenvalue weighted by Gasteiger charge is -2.35. The first-order chi connectivity index (χ1) is 9.26. The Bertz CT molecular complexity index is 291. The van der Waals surface area contributed by atoms with E-state index in [1.165, 1.54) is 20.0 Å². The van der Waals surface area contributed by atoms with Gasteiger partial charge in [0.25, 0.3) is 0 Å². The van der Waals surface area contributed by atoms with Crippen LogP contribution in [0.2, 0.25) is 0 Å². The second kappa shape index (κ2) is 7.22. The van der Waals surface area contributed by atoms with Crippen LogP contribution >= 0.6 is 0 Å². The average molecular weight is 271 g/mol. The molecule has 3 atom stereocenters. The summed E-state index contributed by atoms with van der Waals surface area (Å²) >= 11 is 0. The molecule has 1 aliphatic carbocycles. The van der Waals surface area contributed by atoms with E-state index in [1.807, 2.05) is 0 Å². The Kier molecular flexibility index (Phi) is 5.60. The lowest BCUT2D eigenvalue weighted by Crippen LogP contribution is -2.44. The predicted octanol–water partition coefficient (Wildman–Crippen LogP) is 1.76. The zero-order chi connectivity index (χ0) is 13.7. The van der Waals surface area contributed by atoms with E-state index in [0.29, 0.717) is 0 Å². The highest BCUT2D eigenvalue weighted by atomic mass is 16.7. The fourth-order valence-electron chi connectivity index (χ4n) is 3.07. The minimum Gasteiger partial charge on any atom is -0.469 e. The van der Waals surface area contributed by atoms with Gasteiger partial charge < -0.3 is 14.2 Å². The molecule has 0 aromatic heterocycles. The first kappa shape index (κ1) is 14.8. The topological polar surface area (TPSA) is 48.0 Å². The zero-order valence-electron chi connectivity index (χ0n) is 12.0. The van der Waals surface area contributed by atoms with Crippen molar-refractivity contribution in [3.63, 3.8) is 0 Å². The highest BCUT2D eigenvalue weighted by Crippen LogP contribution is 2.29. The fourth-order valence-corrected chi connectivity index (χ4v) is 3.07. The number of nitrogens with zero attached hydrogens (tertiary/aromatic N) is 1. The van der Waals surface area contributed by atoms with Gasteiger partial charge >= 0.3 is 5.97 Å². The van der Waals surface area contributed by atoms with Crippen LogP contribution < -0.4 is 0 Å². The number of hydrogen-bond acceptors (Lipinski definition) is 5. The van der Waals surface area contributed by atoms with Crippen molar-refractivity contribution in [3.05, 3.63) is 0 Å². The molecule has 2 aliphatic rings. The Morgan fingerprint density at radius 1 is 1.11 bits per heavy atom. The van der Waals surface area contributed by atoms with Crippen molar-refractivity contribution in [1.82, 2.24) is 4.90 Å². The van der Waals surface area contributed by atoms with E-state index in [4.69, 9.17) is 14.2 Å². The Morgan fingerprint density at radius 2 is 1.79 bits per heavy atom. The summed E-state index contributed by atoms with van der Waals surface area (Å²) in [6, 6.07) is 0. The van der Waals surface area contributed by atoms with Crippen LogP contribution in [0.15, 0.2) is 0 Å². The van der Waals surface area contributed by atoms with Gasteiger partial charge in [-0.25, -0.2) is 0 Å². The molecule has 0 unspecified atom stereocenters. The maximum atomic E-state index is 11.8. The summed E-state index contributed by atoms with van der Waals surface area (Å²) in [5.74, 6) is -0.292. The van der Waals surface area contributed by atoms with Gasteiger partial charge in [-0.05, 0) is 25.7 Å². The van der Waals surface area contributed by atoms with E-state index >= 15 is 0 Å². The van der Waals surface area contributed by atoms with Crippen molar-refractivity contribution in [1.29, 1.82) is 0 Å². The third kappa shape index (κ3) is 3.68. The van der Waals surface area contributed by atoms with Gasteiger partial charge in [-0.2, -0.15) is 0 Å². The SMILES string of the molecule is COC(=O)[C@H]1CCCC[C@@H]1O[C@H](OC)N1CCCC1. The molecule has 0 amide bonds. The summed E-state index contributed by atoms with van der Waals surface area (Å²) in [5.41, 5.74) is 0. The van der Waals surface area contributed by atoms with Crippen molar-refractivity contribution in [2.24, 2.45) is 5.92 Å². The summed E-state index contributed by atoms with van der Waals surface area (Å²) in [7, 11) is 3.11. The molecule has 0 radical (unpaired) electrons. The molecular formula is C14H25NO4. The monoisotopic (exact) mass is 271 g/mol. The molecule has 1 heterocycles. The van der Waals surface area contributed by atoms with E-state index in [-0.39, 0.29) is 24.4 Å². The highest BCUT2D eigenvalue weighted by molar-refractivity contribution is 5.73. The highest BCUT2D eigenvalue weighted by Gasteiger charge is 2.35. The van der Waals surface area contributed by atoms with Gasteiger partial charge in [-0.3, -0.25) is 9.69 Å². The van der Waals surface area contributed by atoms with Crippen molar-refractivity contribution in [2.75, 3.05) is 27.3 Å². The molecule has 110 valence electrons. The molecular weight excluding hydrogens is 246 g/mol. The standard InChI is InChI=1S/C14H25NO4/c1-17-13(16)11-7-3-4-8-12(11)19-14(18-2)15-9-5-6-10-15/h11-12,14H,3-10H2,1-2H3/t11-,12-,14-/m0/s1. The number of hydrogen-bond donors (Lipinski definition) is 0. The van der Waals surface area contributed by atoms with Crippen molar-refractivity contribution in [2.45, 2.75) is 51.0 Å². The second-order valence-electron chi connectivity index (χ2n) is 5.37. The first-order valence-corrected chi connectivity index (χ1v) is 7.26. The van der Waals surface area contributed by atoms with E-state index in [0.717, 1.165) is 38.8 Å². The molecule has 5 heteroatoms. The second-order valence-corrected chi connectivity index (χ2v) is 5.37. The summed E-state index contributed by atoms with van der Waals surface area (Å²) in [4.78, 5) is 14.0. The van der Waals surface area contributed by atoms with E-state index in [1.54, 1.807) is 7.11 Å². The van der Waals surface area contributed by atoms with Crippen LogP contribution in [-0.4, -0.2) is 50.7 Å². The van der Waals surface area contributed by atoms with Crippen molar-refractivity contribution < 1.29 is 19.0 Å². The fraction of sp³-hybridized carbons (Fsp3) is 0.929. The van der Waals surface area contributed by atoms with Gasteiger partial charge in [-0.1, -0.05) is 12.8 Å². The molecule has 1 saturated carbocycles. The smallest absolute Gasteiger partial charge is 0.311 e. The molecule has 2 rings (SSSR count). The molecule has 0 spiro atoms.